The molecule has 0 spiro atoms. The van der Waals surface area contributed by atoms with Gasteiger partial charge < -0.3 is 10.4 Å². The fourth-order valence-electron chi connectivity index (χ4n) is 2.63. The molecule has 1 heterocycles. The number of aromatic nitrogens is 2. The van der Waals surface area contributed by atoms with Crippen molar-refractivity contribution >= 4 is 5.91 Å². The van der Waals surface area contributed by atoms with E-state index in [0.717, 1.165) is 30.7 Å². The molecular weight excluding hydrogens is 335 g/mol. The number of amides is 1. The molecule has 1 saturated carbocycles. The summed E-state index contributed by atoms with van der Waals surface area (Å²) in [4.78, 5) is 12.0. The normalized spacial score (nSPS) is 17.1. The predicted octanol–water partition coefficient (Wildman–Crippen LogP) is 2.74. The van der Waals surface area contributed by atoms with E-state index in [2.05, 4.69) is 15.5 Å². The standard InChI is InChI=1S/C17H18F3N3O2/c18-17(19,20)16(25,12-4-2-1-3-5-12)9-15(24)21-10-13-8-14(23-22-13)11-6-7-11/h1-5,8,11,25H,6-7,9-10H2,(H,21,24)(H,22,23). The van der Waals surface area contributed by atoms with Crippen molar-refractivity contribution in [2.24, 2.45) is 0 Å². The second kappa shape index (κ2) is 6.51. The third-order valence-corrected chi connectivity index (χ3v) is 4.26. The smallest absolute Gasteiger partial charge is 0.376 e. The molecule has 5 nitrogen and oxygen atoms in total. The number of hydrogen-bond donors (Lipinski definition) is 3. The summed E-state index contributed by atoms with van der Waals surface area (Å²) in [6.45, 7) is 0.0290. The molecule has 1 aliphatic carbocycles. The van der Waals surface area contributed by atoms with Gasteiger partial charge in [0.15, 0.2) is 5.60 Å². The SMILES string of the molecule is O=C(CC(O)(c1ccccc1)C(F)(F)F)NCc1cc(C2CC2)n[nH]1. The van der Waals surface area contributed by atoms with Gasteiger partial charge in [-0.1, -0.05) is 30.3 Å². The molecule has 0 radical (unpaired) electrons. The van der Waals surface area contributed by atoms with Gasteiger partial charge in [0.05, 0.1) is 24.4 Å². The van der Waals surface area contributed by atoms with Crippen LogP contribution in [0.2, 0.25) is 0 Å². The molecule has 134 valence electrons. The highest BCUT2D eigenvalue weighted by molar-refractivity contribution is 5.77. The maximum absolute atomic E-state index is 13.4. The summed E-state index contributed by atoms with van der Waals surface area (Å²) in [5, 5.41) is 19.4. The zero-order valence-electron chi connectivity index (χ0n) is 13.3. The predicted molar refractivity (Wildman–Crippen MR) is 83.4 cm³/mol. The topological polar surface area (TPSA) is 78.0 Å². The van der Waals surface area contributed by atoms with E-state index < -0.39 is 24.1 Å². The van der Waals surface area contributed by atoms with Gasteiger partial charge in [-0.05, 0) is 24.5 Å². The average Bonchev–Trinajstić information content (AvgIpc) is 3.31. The first-order valence-corrected chi connectivity index (χ1v) is 7.95. The molecule has 1 aromatic heterocycles. The Balaban J connectivity index is 1.65. The van der Waals surface area contributed by atoms with Gasteiger partial charge in [0, 0.05) is 5.92 Å². The molecule has 3 N–H and O–H groups in total. The molecule has 1 fully saturated rings. The highest BCUT2D eigenvalue weighted by Crippen LogP contribution is 2.41. The number of benzene rings is 1. The van der Waals surface area contributed by atoms with Gasteiger partial charge in [0.1, 0.15) is 0 Å². The van der Waals surface area contributed by atoms with Crippen LogP contribution in [0.4, 0.5) is 13.2 Å². The molecule has 1 unspecified atom stereocenters. The average molecular weight is 353 g/mol. The second-order valence-corrected chi connectivity index (χ2v) is 6.27. The van der Waals surface area contributed by atoms with Gasteiger partial charge in [-0.3, -0.25) is 9.89 Å². The number of hydrogen-bond acceptors (Lipinski definition) is 3. The lowest BCUT2D eigenvalue weighted by Crippen LogP contribution is -2.46. The zero-order valence-corrected chi connectivity index (χ0v) is 13.3. The number of aromatic amines is 1. The number of alkyl halides is 3. The molecule has 3 rings (SSSR count). The van der Waals surface area contributed by atoms with E-state index in [9.17, 15) is 23.1 Å². The Bertz CT molecular complexity index is 741. The third-order valence-electron chi connectivity index (χ3n) is 4.26. The van der Waals surface area contributed by atoms with Crippen molar-refractivity contribution in [1.29, 1.82) is 0 Å². The maximum Gasteiger partial charge on any atom is 0.421 e. The minimum Gasteiger partial charge on any atom is -0.376 e. The van der Waals surface area contributed by atoms with Crippen molar-refractivity contribution in [3.8, 4) is 0 Å². The number of nitrogens with one attached hydrogen (secondary N) is 2. The van der Waals surface area contributed by atoms with Crippen molar-refractivity contribution in [3.05, 3.63) is 53.3 Å². The highest BCUT2D eigenvalue weighted by Gasteiger charge is 2.55. The van der Waals surface area contributed by atoms with E-state index in [4.69, 9.17) is 0 Å². The Hall–Kier alpha value is -2.35. The summed E-state index contributed by atoms with van der Waals surface area (Å²) in [7, 11) is 0. The summed E-state index contributed by atoms with van der Waals surface area (Å²) in [6.07, 6.45) is -3.93. The zero-order chi connectivity index (χ0) is 18.1. The van der Waals surface area contributed by atoms with Crippen molar-refractivity contribution in [3.63, 3.8) is 0 Å². The molecular formula is C17H18F3N3O2. The fourth-order valence-corrected chi connectivity index (χ4v) is 2.63. The van der Waals surface area contributed by atoms with Crippen LogP contribution in [-0.2, 0) is 16.9 Å². The first kappa shape index (κ1) is 17.5. The van der Waals surface area contributed by atoms with Crippen LogP contribution in [0.1, 0.15) is 42.1 Å². The number of H-pyrrole nitrogens is 1. The van der Waals surface area contributed by atoms with Crippen LogP contribution in [0.3, 0.4) is 0 Å². The molecule has 1 amide bonds. The van der Waals surface area contributed by atoms with E-state index in [0.29, 0.717) is 11.6 Å². The number of halogens is 3. The largest absolute Gasteiger partial charge is 0.421 e. The van der Waals surface area contributed by atoms with E-state index in [1.807, 2.05) is 0 Å². The molecule has 25 heavy (non-hydrogen) atoms. The third kappa shape index (κ3) is 3.84. The molecule has 0 aliphatic heterocycles. The first-order chi connectivity index (χ1) is 11.8. The Labute approximate surface area is 142 Å². The van der Waals surface area contributed by atoms with Gasteiger partial charge in [-0.25, -0.2) is 0 Å². The van der Waals surface area contributed by atoms with Crippen LogP contribution in [0, 0.1) is 0 Å². The number of carbonyl (C=O) groups is 1. The van der Waals surface area contributed by atoms with Crippen LogP contribution in [0.5, 0.6) is 0 Å². The van der Waals surface area contributed by atoms with Crippen LogP contribution < -0.4 is 5.32 Å². The van der Waals surface area contributed by atoms with Crippen molar-refractivity contribution in [1.82, 2.24) is 15.5 Å². The van der Waals surface area contributed by atoms with Crippen molar-refractivity contribution < 1.29 is 23.1 Å². The molecule has 1 aliphatic rings. The molecule has 0 bridgehead atoms. The lowest BCUT2D eigenvalue weighted by molar-refractivity contribution is -0.267. The van der Waals surface area contributed by atoms with Gasteiger partial charge in [0.2, 0.25) is 5.91 Å². The Morgan fingerprint density at radius 2 is 1.96 bits per heavy atom. The Kier molecular flexibility index (Phi) is 4.55. The van der Waals surface area contributed by atoms with Crippen LogP contribution >= 0.6 is 0 Å². The molecule has 2 aromatic rings. The summed E-state index contributed by atoms with van der Waals surface area (Å²) < 4.78 is 40.1. The van der Waals surface area contributed by atoms with E-state index >= 15 is 0 Å². The highest BCUT2D eigenvalue weighted by atomic mass is 19.4. The minimum atomic E-state index is -4.97. The van der Waals surface area contributed by atoms with E-state index in [-0.39, 0.29) is 12.1 Å². The number of rotatable bonds is 6. The van der Waals surface area contributed by atoms with E-state index in [1.165, 1.54) is 18.2 Å². The lowest BCUT2D eigenvalue weighted by Gasteiger charge is -2.30. The van der Waals surface area contributed by atoms with Crippen molar-refractivity contribution in [2.75, 3.05) is 0 Å². The maximum atomic E-state index is 13.4. The Morgan fingerprint density at radius 1 is 1.28 bits per heavy atom. The first-order valence-electron chi connectivity index (χ1n) is 7.95. The fraction of sp³-hybridized carbons (Fsp3) is 0.412. The quantitative estimate of drug-likeness (QED) is 0.747. The van der Waals surface area contributed by atoms with Crippen LogP contribution in [-0.4, -0.2) is 27.4 Å². The number of aliphatic hydroxyl groups is 1. The molecule has 0 saturated heterocycles. The van der Waals surface area contributed by atoms with Gasteiger partial charge in [-0.15, -0.1) is 0 Å². The van der Waals surface area contributed by atoms with Crippen LogP contribution in [0.25, 0.3) is 0 Å². The van der Waals surface area contributed by atoms with Gasteiger partial charge in [0.25, 0.3) is 0 Å². The summed E-state index contributed by atoms with van der Waals surface area (Å²) in [6, 6.07) is 8.40. The van der Waals surface area contributed by atoms with Crippen molar-refractivity contribution in [2.45, 2.75) is 43.5 Å². The summed E-state index contributed by atoms with van der Waals surface area (Å²) in [5.74, 6) is -0.458. The Morgan fingerprint density at radius 3 is 2.56 bits per heavy atom. The monoisotopic (exact) mass is 353 g/mol. The van der Waals surface area contributed by atoms with Crippen LogP contribution in [0.15, 0.2) is 36.4 Å². The molecule has 1 atom stereocenters. The van der Waals surface area contributed by atoms with Gasteiger partial charge >= 0.3 is 6.18 Å². The van der Waals surface area contributed by atoms with E-state index in [1.54, 1.807) is 6.07 Å². The second-order valence-electron chi connectivity index (χ2n) is 6.27. The molecule has 1 aromatic carbocycles. The summed E-state index contributed by atoms with van der Waals surface area (Å²) >= 11 is 0. The van der Waals surface area contributed by atoms with Gasteiger partial charge in [-0.2, -0.15) is 18.3 Å². The minimum absolute atomic E-state index is 0.0290. The lowest BCUT2D eigenvalue weighted by atomic mass is 9.89. The number of nitrogens with zero attached hydrogens (tertiary/aromatic N) is 1. The number of carbonyl (C=O) groups excluding carboxylic acids is 1. The summed E-state index contributed by atoms with van der Waals surface area (Å²) in [5.41, 5.74) is -2.08. The molecule has 8 heteroatoms.